The Kier molecular flexibility index (Phi) is 4.97. The summed E-state index contributed by atoms with van der Waals surface area (Å²) in [5, 5.41) is 3.47. The second-order valence-electron chi connectivity index (χ2n) is 6.17. The number of rotatable bonds is 5. The summed E-state index contributed by atoms with van der Waals surface area (Å²) in [6.45, 7) is 9.32. The lowest BCUT2D eigenvalue weighted by Crippen LogP contribution is -2.35. The second-order valence-corrected chi connectivity index (χ2v) is 6.17. The Morgan fingerprint density at radius 1 is 1.14 bits per heavy atom. The Hall–Kier alpha value is -1.87. The van der Waals surface area contributed by atoms with Gasteiger partial charge >= 0.3 is 0 Å². The average molecular weight is 284 g/mol. The summed E-state index contributed by atoms with van der Waals surface area (Å²) in [6.07, 6.45) is 2.76. The molecule has 0 unspecified atom stereocenters. The van der Waals surface area contributed by atoms with E-state index in [-0.39, 0.29) is 5.54 Å². The number of aromatic nitrogens is 1. The molecule has 0 aliphatic carbocycles. The van der Waals surface area contributed by atoms with E-state index in [1.165, 1.54) is 5.56 Å². The largest absolute Gasteiger partial charge is 0.439 e. The van der Waals surface area contributed by atoms with Gasteiger partial charge < -0.3 is 10.1 Å². The minimum absolute atomic E-state index is 0.0647. The predicted molar refractivity (Wildman–Crippen MR) is 86.7 cm³/mol. The van der Waals surface area contributed by atoms with Crippen LogP contribution in [-0.4, -0.2) is 10.5 Å². The number of pyridine rings is 1. The Morgan fingerprint density at radius 2 is 1.95 bits per heavy atom. The Bertz CT molecular complexity index is 588. The van der Waals surface area contributed by atoms with Gasteiger partial charge in [0, 0.05) is 23.8 Å². The molecule has 1 N–H and O–H groups in total. The van der Waals surface area contributed by atoms with E-state index >= 15 is 0 Å². The molecule has 0 bridgehead atoms. The third-order valence-corrected chi connectivity index (χ3v) is 3.18. The molecule has 112 valence electrons. The van der Waals surface area contributed by atoms with E-state index in [4.69, 9.17) is 4.74 Å². The highest BCUT2D eigenvalue weighted by molar-refractivity contribution is 5.34. The van der Waals surface area contributed by atoms with E-state index < -0.39 is 0 Å². The van der Waals surface area contributed by atoms with Crippen LogP contribution in [0.25, 0.3) is 0 Å². The number of benzene rings is 1. The van der Waals surface area contributed by atoms with Crippen molar-refractivity contribution in [2.75, 3.05) is 0 Å². The van der Waals surface area contributed by atoms with Gasteiger partial charge in [0.2, 0.25) is 5.88 Å². The quantitative estimate of drug-likeness (QED) is 0.887. The highest BCUT2D eigenvalue weighted by atomic mass is 16.5. The lowest BCUT2D eigenvalue weighted by atomic mass is 10.1. The molecule has 1 heterocycles. The van der Waals surface area contributed by atoms with Crippen LogP contribution in [-0.2, 0) is 13.0 Å². The van der Waals surface area contributed by atoms with Crippen LogP contribution < -0.4 is 10.1 Å². The van der Waals surface area contributed by atoms with Crippen molar-refractivity contribution in [2.45, 2.75) is 46.2 Å². The van der Waals surface area contributed by atoms with Gasteiger partial charge in [0.15, 0.2) is 0 Å². The van der Waals surface area contributed by atoms with Crippen molar-refractivity contribution in [2.24, 2.45) is 0 Å². The van der Waals surface area contributed by atoms with Crippen LogP contribution >= 0.6 is 0 Å². The molecule has 1 aromatic carbocycles. The van der Waals surface area contributed by atoms with E-state index in [0.29, 0.717) is 5.88 Å². The molecule has 3 nitrogen and oxygen atoms in total. The molecule has 2 rings (SSSR count). The van der Waals surface area contributed by atoms with Crippen molar-refractivity contribution in [3.8, 4) is 11.6 Å². The fourth-order valence-corrected chi connectivity index (χ4v) is 1.95. The predicted octanol–water partition coefficient (Wildman–Crippen LogP) is 4.32. The molecule has 0 amide bonds. The number of aryl methyl sites for hydroxylation is 1. The minimum Gasteiger partial charge on any atom is -0.439 e. The molecule has 0 radical (unpaired) electrons. The van der Waals surface area contributed by atoms with Gasteiger partial charge in [-0.1, -0.05) is 25.1 Å². The van der Waals surface area contributed by atoms with E-state index in [9.17, 15) is 0 Å². The van der Waals surface area contributed by atoms with Crippen molar-refractivity contribution >= 4 is 0 Å². The lowest BCUT2D eigenvalue weighted by Gasteiger charge is -2.21. The first kappa shape index (κ1) is 15.5. The van der Waals surface area contributed by atoms with Gasteiger partial charge in [-0.2, -0.15) is 0 Å². The zero-order valence-corrected chi connectivity index (χ0v) is 13.3. The van der Waals surface area contributed by atoms with E-state index in [1.807, 2.05) is 24.3 Å². The molecule has 21 heavy (non-hydrogen) atoms. The van der Waals surface area contributed by atoms with Crippen molar-refractivity contribution in [1.29, 1.82) is 0 Å². The van der Waals surface area contributed by atoms with Crippen LogP contribution in [0.1, 0.15) is 38.8 Å². The van der Waals surface area contributed by atoms with Gasteiger partial charge in [-0.25, -0.2) is 4.98 Å². The molecule has 2 aromatic rings. The second kappa shape index (κ2) is 6.72. The Labute approximate surface area is 127 Å². The van der Waals surface area contributed by atoms with E-state index in [1.54, 1.807) is 6.20 Å². The molecule has 0 aliphatic rings. The summed E-state index contributed by atoms with van der Waals surface area (Å²) in [4.78, 5) is 4.37. The third-order valence-electron chi connectivity index (χ3n) is 3.18. The zero-order valence-electron chi connectivity index (χ0n) is 13.3. The van der Waals surface area contributed by atoms with Crippen molar-refractivity contribution < 1.29 is 4.74 Å². The van der Waals surface area contributed by atoms with Crippen LogP contribution in [0, 0.1) is 0 Å². The summed E-state index contributed by atoms with van der Waals surface area (Å²) in [5.74, 6) is 1.51. The van der Waals surface area contributed by atoms with Gasteiger partial charge in [-0.15, -0.1) is 0 Å². The third kappa shape index (κ3) is 4.87. The van der Waals surface area contributed by atoms with E-state index in [0.717, 1.165) is 24.3 Å². The maximum Gasteiger partial charge on any atom is 0.223 e. The normalized spacial score (nSPS) is 11.4. The van der Waals surface area contributed by atoms with Crippen LogP contribution in [0.4, 0.5) is 0 Å². The van der Waals surface area contributed by atoms with Crippen LogP contribution in [0.2, 0.25) is 0 Å². The number of nitrogens with zero attached hydrogens (tertiary/aromatic N) is 1. The summed E-state index contributed by atoms with van der Waals surface area (Å²) < 4.78 is 5.97. The maximum absolute atomic E-state index is 5.97. The highest BCUT2D eigenvalue weighted by Crippen LogP contribution is 2.24. The number of nitrogens with one attached hydrogen (secondary N) is 1. The molecule has 3 heteroatoms. The summed E-state index contributed by atoms with van der Waals surface area (Å²) >= 11 is 0. The van der Waals surface area contributed by atoms with Gasteiger partial charge in [-0.05, 0) is 51.0 Å². The average Bonchev–Trinajstić information content (AvgIpc) is 2.46. The molecule has 0 aliphatic heterocycles. The summed E-state index contributed by atoms with van der Waals surface area (Å²) in [5.41, 5.74) is 2.39. The zero-order chi connectivity index (χ0) is 15.3. The van der Waals surface area contributed by atoms with Crippen LogP contribution in [0.15, 0.2) is 42.6 Å². The first-order chi connectivity index (χ1) is 9.98. The molecule has 0 saturated carbocycles. The maximum atomic E-state index is 5.97. The molecule has 1 aromatic heterocycles. The SMILES string of the molecule is CCc1cccc(Oc2ncccc2CNC(C)(C)C)c1. The van der Waals surface area contributed by atoms with Gasteiger partial charge in [0.1, 0.15) is 5.75 Å². The number of hydrogen-bond acceptors (Lipinski definition) is 3. The summed E-state index contributed by atoms with van der Waals surface area (Å²) in [7, 11) is 0. The molecule has 0 saturated heterocycles. The highest BCUT2D eigenvalue weighted by Gasteiger charge is 2.12. The first-order valence-corrected chi connectivity index (χ1v) is 7.43. The molecule has 0 fully saturated rings. The van der Waals surface area contributed by atoms with Crippen LogP contribution in [0.3, 0.4) is 0 Å². The Morgan fingerprint density at radius 3 is 2.67 bits per heavy atom. The van der Waals surface area contributed by atoms with Crippen LogP contribution in [0.5, 0.6) is 11.6 Å². The molecular weight excluding hydrogens is 260 g/mol. The monoisotopic (exact) mass is 284 g/mol. The minimum atomic E-state index is 0.0647. The summed E-state index contributed by atoms with van der Waals surface area (Å²) in [6, 6.07) is 12.1. The number of hydrogen-bond donors (Lipinski definition) is 1. The van der Waals surface area contributed by atoms with Gasteiger partial charge in [0.05, 0.1) is 0 Å². The Balaban J connectivity index is 2.15. The fraction of sp³-hybridized carbons (Fsp3) is 0.389. The lowest BCUT2D eigenvalue weighted by molar-refractivity contribution is 0.409. The molecule has 0 atom stereocenters. The van der Waals surface area contributed by atoms with Crippen molar-refractivity contribution in [1.82, 2.24) is 10.3 Å². The topological polar surface area (TPSA) is 34.1 Å². The first-order valence-electron chi connectivity index (χ1n) is 7.43. The van der Waals surface area contributed by atoms with Crippen molar-refractivity contribution in [3.63, 3.8) is 0 Å². The molecular formula is C18H24N2O. The standard InChI is InChI=1S/C18H24N2O/c1-5-14-8-6-10-16(12-14)21-17-15(9-7-11-19-17)13-20-18(2,3)4/h6-12,20H,5,13H2,1-4H3. The van der Waals surface area contributed by atoms with Crippen molar-refractivity contribution in [3.05, 3.63) is 53.7 Å². The number of ether oxygens (including phenoxy) is 1. The van der Waals surface area contributed by atoms with Gasteiger partial charge in [-0.3, -0.25) is 0 Å². The molecule has 0 spiro atoms. The fourth-order valence-electron chi connectivity index (χ4n) is 1.95. The smallest absolute Gasteiger partial charge is 0.223 e. The van der Waals surface area contributed by atoms with Gasteiger partial charge in [0.25, 0.3) is 0 Å². The van der Waals surface area contributed by atoms with E-state index in [2.05, 4.69) is 50.1 Å².